The Balaban J connectivity index is 2.42. The van der Waals surface area contributed by atoms with Crippen LogP contribution >= 0.6 is 0 Å². The SMILES string of the molecule is NCC(CN1CCCOCC1)C(F)(F)F. The molecule has 90 valence electrons. The minimum absolute atomic E-state index is 0.0106. The molecule has 1 fully saturated rings. The van der Waals surface area contributed by atoms with Gasteiger partial charge >= 0.3 is 6.18 Å². The van der Waals surface area contributed by atoms with Crippen molar-refractivity contribution in [1.82, 2.24) is 4.90 Å². The number of hydrogen-bond donors (Lipinski definition) is 1. The minimum atomic E-state index is -4.19. The lowest BCUT2D eigenvalue weighted by molar-refractivity contribution is -0.176. The molecule has 1 aliphatic heterocycles. The van der Waals surface area contributed by atoms with Crippen molar-refractivity contribution in [3.63, 3.8) is 0 Å². The van der Waals surface area contributed by atoms with E-state index in [2.05, 4.69) is 0 Å². The molecule has 0 amide bonds. The van der Waals surface area contributed by atoms with Crippen molar-refractivity contribution in [2.45, 2.75) is 12.6 Å². The molecule has 1 heterocycles. The fourth-order valence-corrected chi connectivity index (χ4v) is 1.60. The van der Waals surface area contributed by atoms with Gasteiger partial charge in [-0.2, -0.15) is 13.2 Å². The molecule has 1 unspecified atom stereocenters. The van der Waals surface area contributed by atoms with E-state index >= 15 is 0 Å². The first-order chi connectivity index (χ1) is 7.04. The molecule has 0 bridgehead atoms. The van der Waals surface area contributed by atoms with Crippen molar-refractivity contribution in [2.24, 2.45) is 11.7 Å². The molecule has 0 spiro atoms. The predicted molar refractivity (Wildman–Crippen MR) is 50.5 cm³/mol. The molecule has 0 aromatic rings. The average Bonchev–Trinajstić information content (AvgIpc) is 2.40. The molecule has 15 heavy (non-hydrogen) atoms. The number of halogens is 3. The van der Waals surface area contributed by atoms with Gasteiger partial charge in [-0.1, -0.05) is 0 Å². The number of nitrogens with two attached hydrogens (primary N) is 1. The zero-order valence-corrected chi connectivity index (χ0v) is 8.59. The molecular formula is C9H17F3N2O. The van der Waals surface area contributed by atoms with Crippen molar-refractivity contribution in [1.29, 1.82) is 0 Å². The van der Waals surface area contributed by atoms with Gasteiger partial charge in [-0.15, -0.1) is 0 Å². The van der Waals surface area contributed by atoms with Crippen LogP contribution in [-0.4, -0.2) is 50.5 Å². The maximum atomic E-state index is 12.4. The zero-order valence-electron chi connectivity index (χ0n) is 8.59. The van der Waals surface area contributed by atoms with Gasteiger partial charge in [-0.05, 0) is 6.42 Å². The van der Waals surface area contributed by atoms with Gasteiger partial charge in [-0.25, -0.2) is 0 Å². The van der Waals surface area contributed by atoms with E-state index in [-0.39, 0.29) is 13.1 Å². The molecular weight excluding hydrogens is 209 g/mol. The molecule has 0 aromatic heterocycles. The topological polar surface area (TPSA) is 38.5 Å². The fraction of sp³-hybridized carbons (Fsp3) is 1.00. The largest absolute Gasteiger partial charge is 0.394 e. The molecule has 2 N–H and O–H groups in total. The number of ether oxygens (including phenoxy) is 1. The quantitative estimate of drug-likeness (QED) is 0.775. The normalized spacial score (nSPS) is 22.4. The number of alkyl halides is 3. The van der Waals surface area contributed by atoms with Crippen LogP contribution in [0.25, 0.3) is 0 Å². The summed E-state index contributed by atoms with van der Waals surface area (Å²) in [5, 5.41) is 0. The number of hydrogen-bond acceptors (Lipinski definition) is 3. The lowest BCUT2D eigenvalue weighted by Gasteiger charge is -2.26. The van der Waals surface area contributed by atoms with Crippen molar-refractivity contribution < 1.29 is 17.9 Å². The Hall–Kier alpha value is -0.330. The van der Waals surface area contributed by atoms with E-state index in [1.165, 1.54) is 0 Å². The van der Waals surface area contributed by atoms with Crippen LogP contribution in [0.2, 0.25) is 0 Å². The summed E-state index contributed by atoms with van der Waals surface area (Å²) in [6.07, 6.45) is -3.41. The van der Waals surface area contributed by atoms with Crippen LogP contribution in [0.4, 0.5) is 13.2 Å². The van der Waals surface area contributed by atoms with Gasteiger partial charge in [0.25, 0.3) is 0 Å². The van der Waals surface area contributed by atoms with Crippen LogP contribution in [-0.2, 0) is 4.74 Å². The van der Waals surface area contributed by atoms with Crippen LogP contribution in [0.1, 0.15) is 6.42 Å². The highest BCUT2D eigenvalue weighted by Crippen LogP contribution is 2.26. The second-order valence-electron chi connectivity index (χ2n) is 3.74. The third-order valence-corrected chi connectivity index (χ3v) is 2.54. The molecule has 0 radical (unpaired) electrons. The average molecular weight is 226 g/mol. The number of nitrogens with zero attached hydrogens (tertiary/aromatic N) is 1. The van der Waals surface area contributed by atoms with Crippen LogP contribution < -0.4 is 5.73 Å². The Labute approximate surface area is 87.4 Å². The molecule has 1 atom stereocenters. The molecule has 3 nitrogen and oxygen atoms in total. The Morgan fingerprint density at radius 2 is 2.00 bits per heavy atom. The lowest BCUT2D eigenvalue weighted by atomic mass is 10.1. The van der Waals surface area contributed by atoms with Crippen LogP contribution in [0, 0.1) is 5.92 Å². The first-order valence-corrected chi connectivity index (χ1v) is 5.11. The predicted octanol–water partition coefficient (Wildman–Crippen LogP) is 0.846. The van der Waals surface area contributed by atoms with Gasteiger partial charge in [0.2, 0.25) is 0 Å². The zero-order chi connectivity index (χ0) is 11.3. The van der Waals surface area contributed by atoms with Crippen molar-refractivity contribution in [3.05, 3.63) is 0 Å². The molecule has 0 saturated carbocycles. The Kier molecular flexibility index (Phi) is 4.82. The molecule has 1 rings (SSSR count). The fourth-order valence-electron chi connectivity index (χ4n) is 1.60. The van der Waals surface area contributed by atoms with Gasteiger partial charge < -0.3 is 15.4 Å². The highest BCUT2D eigenvalue weighted by atomic mass is 19.4. The summed E-state index contributed by atoms with van der Waals surface area (Å²) in [7, 11) is 0. The second kappa shape index (κ2) is 5.67. The summed E-state index contributed by atoms with van der Waals surface area (Å²) >= 11 is 0. The standard InChI is InChI=1S/C9H17F3N2O/c10-9(11,12)8(6-13)7-14-2-1-4-15-5-3-14/h8H,1-7,13H2. The summed E-state index contributed by atoms with van der Waals surface area (Å²) in [4.78, 5) is 1.78. The maximum Gasteiger partial charge on any atom is 0.394 e. The number of rotatable bonds is 3. The van der Waals surface area contributed by atoms with E-state index in [0.717, 1.165) is 6.42 Å². The summed E-state index contributed by atoms with van der Waals surface area (Å²) in [6.45, 7) is 2.01. The first-order valence-electron chi connectivity index (χ1n) is 5.11. The van der Waals surface area contributed by atoms with Gasteiger partial charge in [0.1, 0.15) is 0 Å². The molecule has 0 aromatic carbocycles. The van der Waals surface area contributed by atoms with Gasteiger partial charge in [0.15, 0.2) is 0 Å². The van der Waals surface area contributed by atoms with Crippen LogP contribution in [0.15, 0.2) is 0 Å². The molecule has 1 aliphatic rings. The van der Waals surface area contributed by atoms with Gasteiger partial charge in [0, 0.05) is 32.8 Å². The third kappa shape index (κ3) is 4.36. The highest BCUT2D eigenvalue weighted by molar-refractivity contribution is 4.74. The molecule has 0 aliphatic carbocycles. The van der Waals surface area contributed by atoms with Crippen molar-refractivity contribution in [2.75, 3.05) is 39.4 Å². The monoisotopic (exact) mass is 226 g/mol. The summed E-state index contributed by atoms with van der Waals surface area (Å²) in [5.41, 5.74) is 5.14. The van der Waals surface area contributed by atoms with Crippen LogP contribution in [0.5, 0.6) is 0 Å². The van der Waals surface area contributed by atoms with Crippen molar-refractivity contribution >= 4 is 0 Å². The van der Waals surface area contributed by atoms with Gasteiger partial charge in [0.05, 0.1) is 12.5 Å². The Morgan fingerprint density at radius 3 is 2.60 bits per heavy atom. The second-order valence-corrected chi connectivity index (χ2v) is 3.74. The summed E-state index contributed by atoms with van der Waals surface area (Å²) in [6, 6.07) is 0. The van der Waals surface area contributed by atoms with E-state index in [9.17, 15) is 13.2 Å². The van der Waals surface area contributed by atoms with E-state index in [1.54, 1.807) is 4.90 Å². The smallest absolute Gasteiger partial charge is 0.380 e. The maximum absolute atomic E-state index is 12.4. The van der Waals surface area contributed by atoms with Crippen molar-refractivity contribution in [3.8, 4) is 0 Å². The van der Waals surface area contributed by atoms with E-state index in [1.807, 2.05) is 0 Å². The van der Waals surface area contributed by atoms with E-state index < -0.39 is 12.1 Å². The Bertz CT molecular complexity index is 179. The lowest BCUT2D eigenvalue weighted by Crippen LogP contribution is -2.41. The summed E-state index contributed by atoms with van der Waals surface area (Å²) < 4.78 is 42.5. The van der Waals surface area contributed by atoms with Gasteiger partial charge in [-0.3, -0.25) is 0 Å². The molecule has 1 saturated heterocycles. The highest BCUT2D eigenvalue weighted by Gasteiger charge is 2.39. The third-order valence-electron chi connectivity index (χ3n) is 2.54. The van der Waals surface area contributed by atoms with Crippen LogP contribution in [0.3, 0.4) is 0 Å². The first kappa shape index (κ1) is 12.7. The summed E-state index contributed by atoms with van der Waals surface area (Å²) in [5.74, 6) is -1.42. The molecule has 6 heteroatoms. The van der Waals surface area contributed by atoms with E-state index in [4.69, 9.17) is 10.5 Å². The minimum Gasteiger partial charge on any atom is -0.380 e. The Morgan fingerprint density at radius 1 is 1.27 bits per heavy atom. The van der Waals surface area contributed by atoms with E-state index in [0.29, 0.717) is 26.3 Å².